The Morgan fingerprint density at radius 1 is 1.36 bits per heavy atom. The molecule has 0 fully saturated rings. The number of hydrogen-bond acceptors (Lipinski definition) is 7. The van der Waals surface area contributed by atoms with Crippen LogP contribution in [0.4, 0.5) is 5.00 Å². The maximum atomic E-state index is 12.6. The molecule has 1 heterocycles. The fourth-order valence-corrected chi connectivity index (χ4v) is 4.53. The van der Waals surface area contributed by atoms with Crippen molar-refractivity contribution in [1.29, 1.82) is 5.26 Å². The number of benzene rings is 1. The van der Waals surface area contributed by atoms with Crippen molar-refractivity contribution < 1.29 is 14.3 Å². The van der Waals surface area contributed by atoms with Crippen molar-refractivity contribution in [2.24, 2.45) is 0 Å². The van der Waals surface area contributed by atoms with E-state index < -0.39 is 5.97 Å². The number of amides is 1. The molecule has 0 aliphatic carbocycles. The van der Waals surface area contributed by atoms with Gasteiger partial charge in [0.15, 0.2) is 0 Å². The van der Waals surface area contributed by atoms with E-state index in [0.29, 0.717) is 25.9 Å². The first-order valence-electron chi connectivity index (χ1n) is 7.34. The first-order chi connectivity index (χ1) is 12.0. The normalized spacial score (nSPS) is 10.2. The number of nitriles is 1. The molecule has 0 atom stereocenters. The zero-order chi connectivity index (χ0) is 18.4. The lowest BCUT2D eigenvalue weighted by atomic mass is 10.2. The van der Waals surface area contributed by atoms with Crippen LogP contribution in [0.5, 0.6) is 0 Å². The van der Waals surface area contributed by atoms with Gasteiger partial charge in [-0.1, -0.05) is 12.1 Å². The Kier molecular flexibility index (Phi) is 6.93. The SMILES string of the molecule is CCOC(=O)c1sc(NC(=O)c2ccccc2SC)c(SC#N)c1C. The van der Waals surface area contributed by atoms with Crippen molar-refractivity contribution in [3.8, 4) is 5.40 Å². The number of carbonyl (C=O) groups excluding carboxylic acids is 2. The first-order valence-corrected chi connectivity index (χ1v) is 10.2. The van der Waals surface area contributed by atoms with Crippen LogP contribution in [0.15, 0.2) is 34.1 Å². The fraction of sp³-hybridized carbons (Fsp3) is 0.235. The van der Waals surface area contributed by atoms with E-state index in [-0.39, 0.29) is 12.5 Å². The Hall–Kier alpha value is -1.95. The minimum atomic E-state index is -0.449. The molecule has 1 amide bonds. The molecule has 1 aromatic heterocycles. The van der Waals surface area contributed by atoms with Crippen LogP contribution in [0.3, 0.4) is 0 Å². The third kappa shape index (κ3) is 4.37. The number of thioether (sulfide) groups is 2. The van der Waals surface area contributed by atoms with E-state index in [2.05, 4.69) is 5.32 Å². The molecule has 0 aliphatic rings. The monoisotopic (exact) mass is 392 g/mol. The van der Waals surface area contributed by atoms with Crippen molar-refractivity contribution in [3.63, 3.8) is 0 Å². The van der Waals surface area contributed by atoms with Crippen LogP contribution in [0.2, 0.25) is 0 Å². The predicted octanol–water partition coefficient (Wildman–Crippen LogP) is 4.78. The molecule has 0 spiro atoms. The Balaban J connectivity index is 2.38. The number of ether oxygens (including phenoxy) is 1. The summed E-state index contributed by atoms with van der Waals surface area (Å²) in [6, 6.07) is 7.27. The second-order valence-electron chi connectivity index (χ2n) is 4.78. The molecular weight excluding hydrogens is 376 g/mol. The van der Waals surface area contributed by atoms with Crippen molar-refractivity contribution in [2.75, 3.05) is 18.2 Å². The number of nitrogens with one attached hydrogen (secondary N) is 1. The second-order valence-corrected chi connectivity index (χ2v) is 7.45. The van der Waals surface area contributed by atoms with E-state index in [1.54, 1.807) is 26.0 Å². The number of anilines is 1. The van der Waals surface area contributed by atoms with Crippen LogP contribution in [-0.4, -0.2) is 24.7 Å². The van der Waals surface area contributed by atoms with Gasteiger partial charge >= 0.3 is 5.97 Å². The fourth-order valence-electron chi connectivity index (χ4n) is 2.14. The third-order valence-electron chi connectivity index (χ3n) is 3.28. The van der Waals surface area contributed by atoms with Crippen molar-refractivity contribution in [3.05, 3.63) is 40.3 Å². The predicted molar refractivity (Wildman–Crippen MR) is 103 cm³/mol. The van der Waals surface area contributed by atoms with Gasteiger partial charge in [-0.3, -0.25) is 4.79 Å². The van der Waals surface area contributed by atoms with Gasteiger partial charge < -0.3 is 10.1 Å². The van der Waals surface area contributed by atoms with Gasteiger partial charge in [0.2, 0.25) is 0 Å². The van der Waals surface area contributed by atoms with Gasteiger partial charge in [-0.2, -0.15) is 5.26 Å². The van der Waals surface area contributed by atoms with E-state index in [1.165, 1.54) is 11.8 Å². The number of esters is 1. The quantitative estimate of drug-likeness (QED) is 0.433. The number of hydrogen-bond donors (Lipinski definition) is 1. The van der Waals surface area contributed by atoms with Gasteiger partial charge in [0, 0.05) is 4.90 Å². The average Bonchev–Trinajstić information content (AvgIpc) is 2.91. The molecule has 2 aromatic rings. The Labute approximate surface area is 158 Å². The number of thiophene rings is 1. The summed E-state index contributed by atoms with van der Waals surface area (Å²) in [5, 5.41) is 14.4. The molecule has 1 aromatic carbocycles. The standard InChI is InChI=1S/C17H16N2O3S3/c1-4-22-17(21)14-10(2)13(24-9-18)16(25-14)19-15(20)11-7-5-6-8-12(11)23-3/h5-8H,4H2,1-3H3,(H,19,20). The Morgan fingerprint density at radius 3 is 2.72 bits per heavy atom. The van der Waals surface area contributed by atoms with Crippen molar-refractivity contribution >= 4 is 51.7 Å². The molecule has 2 rings (SSSR count). The lowest BCUT2D eigenvalue weighted by Crippen LogP contribution is -2.12. The molecule has 0 aliphatic heterocycles. The van der Waals surface area contributed by atoms with Gasteiger partial charge in [-0.05, 0) is 49.6 Å². The number of nitrogens with zero attached hydrogens (tertiary/aromatic N) is 1. The summed E-state index contributed by atoms with van der Waals surface area (Å²) in [5.41, 5.74) is 1.19. The van der Waals surface area contributed by atoms with Gasteiger partial charge in [0.25, 0.3) is 5.91 Å². The molecular formula is C17H16N2O3S3. The Bertz CT molecular complexity index is 840. The molecule has 1 N–H and O–H groups in total. The van der Waals surface area contributed by atoms with E-state index in [1.807, 2.05) is 23.8 Å². The molecule has 0 saturated heterocycles. The molecule has 8 heteroatoms. The molecule has 130 valence electrons. The third-order valence-corrected chi connectivity index (χ3v) is 6.20. The number of thiocyanates is 1. The van der Waals surface area contributed by atoms with Gasteiger partial charge in [0.05, 0.1) is 17.1 Å². The van der Waals surface area contributed by atoms with Crippen molar-refractivity contribution in [2.45, 2.75) is 23.6 Å². The van der Waals surface area contributed by atoms with Crippen molar-refractivity contribution in [1.82, 2.24) is 0 Å². The van der Waals surface area contributed by atoms with E-state index in [9.17, 15) is 9.59 Å². The molecule has 0 saturated carbocycles. The van der Waals surface area contributed by atoms with Crippen LogP contribution in [-0.2, 0) is 4.74 Å². The van der Waals surface area contributed by atoms with E-state index in [0.717, 1.165) is 28.0 Å². The second kappa shape index (κ2) is 8.94. The summed E-state index contributed by atoms with van der Waals surface area (Å²) in [7, 11) is 0. The zero-order valence-electron chi connectivity index (χ0n) is 13.9. The van der Waals surface area contributed by atoms with Crippen LogP contribution in [0.25, 0.3) is 0 Å². The van der Waals surface area contributed by atoms with Crippen LogP contribution in [0.1, 0.15) is 32.5 Å². The van der Waals surface area contributed by atoms with E-state index >= 15 is 0 Å². The highest BCUT2D eigenvalue weighted by Gasteiger charge is 2.23. The first kappa shape index (κ1) is 19.4. The molecule has 0 bridgehead atoms. The highest BCUT2D eigenvalue weighted by Crippen LogP contribution is 2.40. The minimum absolute atomic E-state index is 0.264. The zero-order valence-corrected chi connectivity index (χ0v) is 16.4. The summed E-state index contributed by atoms with van der Waals surface area (Å²) in [6.45, 7) is 3.74. The summed E-state index contributed by atoms with van der Waals surface area (Å²) in [4.78, 5) is 26.5. The summed E-state index contributed by atoms with van der Waals surface area (Å²) < 4.78 is 5.04. The maximum absolute atomic E-state index is 12.6. The molecule has 5 nitrogen and oxygen atoms in total. The molecule has 0 unspecified atom stereocenters. The van der Waals surface area contributed by atoms with Gasteiger partial charge in [-0.15, -0.1) is 23.1 Å². The maximum Gasteiger partial charge on any atom is 0.348 e. The highest BCUT2D eigenvalue weighted by atomic mass is 32.2. The molecule has 25 heavy (non-hydrogen) atoms. The Morgan fingerprint density at radius 2 is 2.08 bits per heavy atom. The smallest absolute Gasteiger partial charge is 0.348 e. The summed E-state index contributed by atoms with van der Waals surface area (Å²) >= 11 is 3.53. The van der Waals surface area contributed by atoms with E-state index in [4.69, 9.17) is 10.00 Å². The van der Waals surface area contributed by atoms with Crippen LogP contribution in [0, 0.1) is 17.6 Å². The minimum Gasteiger partial charge on any atom is -0.462 e. The average molecular weight is 393 g/mol. The summed E-state index contributed by atoms with van der Waals surface area (Å²) in [5.74, 6) is -0.726. The van der Waals surface area contributed by atoms with Gasteiger partial charge in [-0.25, -0.2) is 4.79 Å². The summed E-state index contributed by atoms with van der Waals surface area (Å²) in [6.07, 6.45) is 1.90. The topological polar surface area (TPSA) is 79.2 Å². The lowest BCUT2D eigenvalue weighted by Gasteiger charge is -2.08. The van der Waals surface area contributed by atoms with Gasteiger partial charge in [0.1, 0.15) is 15.3 Å². The highest BCUT2D eigenvalue weighted by molar-refractivity contribution is 8.04. The van der Waals surface area contributed by atoms with Crippen LogP contribution < -0.4 is 5.32 Å². The van der Waals surface area contributed by atoms with Crippen LogP contribution >= 0.6 is 34.9 Å². The number of rotatable bonds is 6. The molecule has 0 radical (unpaired) electrons. The largest absolute Gasteiger partial charge is 0.462 e. The lowest BCUT2D eigenvalue weighted by molar-refractivity contribution is 0.0531. The number of carbonyl (C=O) groups is 2.